The summed E-state index contributed by atoms with van der Waals surface area (Å²) >= 11 is 1.49. The Morgan fingerprint density at radius 2 is 2.39 bits per heavy atom. The summed E-state index contributed by atoms with van der Waals surface area (Å²) in [5.74, 6) is 0.572. The number of thiazole rings is 1. The summed E-state index contributed by atoms with van der Waals surface area (Å²) in [7, 11) is 1.52. The normalized spacial score (nSPS) is 10.1. The number of methoxy groups -OCH3 is 1. The number of benzene rings is 1. The van der Waals surface area contributed by atoms with Gasteiger partial charge in [0.15, 0.2) is 0 Å². The zero-order valence-corrected chi connectivity index (χ0v) is 10.4. The molecule has 0 spiro atoms. The van der Waals surface area contributed by atoms with E-state index < -0.39 is 4.92 Å². The van der Waals surface area contributed by atoms with Crippen molar-refractivity contribution in [2.75, 3.05) is 12.4 Å². The van der Waals surface area contributed by atoms with Crippen molar-refractivity contribution < 1.29 is 9.66 Å². The highest BCUT2D eigenvalue weighted by molar-refractivity contribution is 7.09. The fourth-order valence-corrected chi connectivity index (χ4v) is 2.01. The molecule has 0 unspecified atom stereocenters. The molecule has 0 radical (unpaired) electrons. The maximum absolute atomic E-state index is 10.9. The molecular formula is C11H11N3O3S. The maximum atomic E-state index is 10.9. The summed E-state index contributed by atoms with van der Waals surface area (Å²) in [5, 5.41) is 16.6. The molecule has 0 amide bonds. The molecule has 2 aromatic rings. The third-order valence-corrected chi connectivity index (χ3v) is 3.09. The highest BCUT2D eigenvalue weighted by Gasteiger charge is 2.14. The van der Waals surface area contributed by atoms with Crippen LogP contribution in [0, 0.1) is 10.1 Å². The van der Waals surface area contributed by atoms with Gasteiger partial charge in [-0.25, -0.2) is 4.98 Å². The number of aromatic nitrogens is 1. The van der Waals surface area contributed by atoms with Crippen molar-refractivity contribution >= 4 is 22.7 Å². The predicted molar refractivity (Wildman–Crippen MR) is 69.1 cm³/mol. The van der Waals surface area contributed by atoms with Crippen LogP contribution in [0.25, 0.3) is 0 Å². The summed E-state index contributed by atoms with van der Waals surface area (Å²) in [6, 6.07) is 4.58. The van der Waals surface area contributed by atoms with Crippen LogP contribution in [0.4, 0.5) is 11.4 Å². The van der Waals surface area contributed by atoms with Crippen LogP contribution in [0.2, 0.25) is 0 Å². The van der Waals surface area contributed by atoms with Crippen molar-refractivity contribution in [2.45, 2.75) is 6.54 Å². The first-order valence-corrected chi connectivity index (χ1v) is 6.03. The molecule has 0 aliphatic heterocycles. The number of nitrogens with one attached hydrogen (secondary N) is 1. The highest BCUT2D eigenvalue weighted by atomic mass is 32.1. The molecule has 1 N–H and O–H groups in total. The molecule has 0 bridgehead atoms. The van der Waals surface area contributed by atoms with Crippen molar-refractivity contribution in [2.24, 2.45) is 0 Å². The van der Waals surface area contributed by atoms with Crippen LogP contribution in [0.1, 0.15) is 5.01 Å². The van der Waals surface area contributed by atoms with E-state index in [9.17, 15) is 10.1 Å². The molecule has 0 saturated heterocycles. The van der Waals surface area contributed by atoms with Crippen LogP contribution < -0.4 is 10.1 Å². The standard InChI is InChI=1S/C11H11N3O3S/c1-17-8-2-3-10(14(15)16)9(6-8)13-7-11-12-4-5-18-11/h2-6,13H,7H2,1H3. The van der Waals surface area contributed by atoms with Crippen molar-refractivity contribution in [3.05, 3.63) is 44.9 Å². The number of nitro benzene ring substituents is 1. The van der Waals surface area contributed by atoms with Gasteiger partial charge in [-0.1, -0.05) is 0 Å². The Hall–Kier alpha value is -2.15. The van der Waals surface area contributed by atoms with E-state index in [1.54, 1.807) is 18.3 Å². The van der Waals surface area contributed by atoms with Gasteiger partial charge in [0, 0.05) is 23.7 Å². The Bertz CT molecular complexity index is 542. The van der Waals surface area contributed by atoms with Gasteiger partial charge in [0.25, 0.3) is 5.69 Å². The summed E-state index contributed by atoms with van der Waals surface area (Å²) in [6.45, 7) is 0.450. The van der Waals surface area contributed by atoms with Crippen LogP contribution in [0.5, 0.6) is 5.75 Å². The van der Waals surface area contributed by atoms with Crippen molar-refractivity contribution in [3.63, 3.8) is 0 Å². The minimum atomic E-state index is -0.427. The molecule has 7 heteroatoms. The second kappa shape index (κ2) is 5.46. The molecule has 0 atom stereocenters. The van der Waals surface area contributed by atoms with Crippen LogP contribution >= 0.6 is 11.3 Å². The van der Waals surface area contributed by atoms with E-state index in [0.717, 1.165) is 5.01 Å². The molecular weight excluding hydrogens is 254 g/mol. The molecule has 1 heterocycles. The van der Waals surface area contributed by atoms with E-state index >= 15 is 0 Å². The van der Waals surface area contributed by atoms with Gasteiger partial charge in [-0.15, -0.1) is 11.3 Å². The molecule has 94 valence electrons. The minimum absolute atomic E-state index is 0.0207. The average Bonchev–Trinajstić information content (AvgIpc) is 2.88. The summed E-state index contributed by atoms with van der Waals surface area (Å²) in [6.07, 6.45) is 1.70. The third kappa shape index (κ3) is 2.75. The SMILES string of the molecule is COc1ccc([N+](=O)[O-])c(NCc2nccs2)c1. The second-order valence-electron chi connectivity index (χ2n) is 3.42. The number of hydrogen-bond acceptors (Lipinski definition) is 6. The first kappa shape index (κ1) is 12.3. The molecule has 1 aromatic carbocycles. The summed E-state index contributed by atoms with van der Waals surface area (Å²) in [5.41, 5.74) is 0.446. The van der Waals surface area contributed by atoms with Gasteiger partial charge in [0.2, 0.25) is 0 Å². The molecule has 0 fully saturated rings. The number of ether oxygens (including phenoxy) is 1. The molecule has 0 aliphatic rings. The Balaban J connectivity index is 2.20. The maximum Gasteiger partial charge on any atom is 0.292 e. The van der Waals surface area contributed by atoms with E-state index in [-0.39, 0.29) is 5.69 Å². The van der Waals surface area contributed by atoms with E-state index in [2.05, 4.69) is 10.3 Å². The predicted octanol–water partition coefficient (Wildman–Crippen LogP) is 2.67. The first-order chi connectivity index (χ1) is 8.70. The van der Waals surface area contributed by atoms with Gasteiger partial charge in [0.1, 0.15) is 16.4 Å². The monoisotopic (exact) mass is 265 g/mol. The quantitative estimate of drug-likeness (QED) is 0.664. The average molecular weight is 265 g/mol. The molecule has 2 rings (SSSR count). The smallest absolute Gasteiger partial charge is 0.292 e. The number of nitro groups is 1. The van der Waals surface area contributed by atoms with Crippen LogP contribution in [-0.4, -0.2) is 17.0 Å². The van der Waals surface area contributed by atoms with Gasteiger partial charge in [-0.3, -0.25) is 10.1 Å². The topological polar surface area (TPSA) is 77.3 Å². The van der Waals surface area contributed by atoms with E-state index in [4.69, 9.17) is 4.74 Å². The Morgan fingerprint density at radius 3 is 3.00 bits per heavy atom. The Kier molecular flexibility index (Phi) is 3.73. The number of hydrogen-bond donors (Lipinski definition) is 1. The van der Waals surface area contributed by atoms with Gasteiger partial charge in [-0.05, 0) is 6.07 Å². The van der Waals surface area contributed by atoms with Crippen LogP contribution in [0.15, 0.2) is 29.8 Å². The van der Waals surface area contributed by atoms with Crippen molar-refractivity contribution in [1.29, 1.82) is 0 Å². The highest BCUT2D eigenvalue weighted by Crippen LogP contribution is 2.29. The number of nitrogens with zero attached hydrogens (tertiary/aromatic N) is 2. The lowest BCUT2D eigenvalue weighted by atomic mass is 10.2. The van der Waals surface area contributed by atoms with E-state index in [0.29, 0.717) is 18.0 Å². The van der Waals surface area contributed by atoms with Crippen LogP contribution in [-0.2, 0) is 6.54 Å². The Labute approximate surface area is 107 Å². The van der Waals surface area contributed by atoms with Gasteiger partial charge >= 0.3 is 0 Å². The number of anilines is 1. The minimum Gasteiger partial charge on any atom is -0.497 e. The largest absolute Gasteiger partial charge is 0.497 e. The first-order valence-electron chi connectivity index (χ1n) is 5.15. The van der Waals surface area contributed by atoms with Crippen LogP contribution in [0.3, 0.4) is 0 Å². The lowest BCUT2D eigenvalue weighted by Gasteiger charge is -2.07. The zero-order chi connectivity index (χ0) is 13.0. The lowest BCUT2D eigenvalue weighted by Crippen LogP contribution is -2.02. The second-order valence-corrected chi connectivity index (χ2v) is 4.40. The van der Waals surface area contributed by atoms with Gasteiger partial charge < -0.3 is 10.1 Å². The molecule has 0 aliphatic carbocycles. The van der Waals surface area contributed by atoms with Gasteiger partial charge in [0.05, 0.1) is 18.6 Å². The summed E-state index contributed by atoms with van der Waals surface area (Å²) < 4.78 is 5.05. The van der Waals surface area contributed by atoms with Gasteiger partial charge in [-0.2, -0.15) is 0 Å². The fraction of sp³-hybridized carbons (Fsp3) is 0.182. The number of rotatable bonds is 5. The van der Waals surface area contributed by atoms with E-state index in [1.165, 1.54) is 24.5 Å². The lowest BCUT2D eigenvalue weighted by molar-refractivity contribution is -0.384. The molecule has 18 heavy (non-hydrogen) atoms. The fourth-order valence-electron chi connectivity index (χ4n) is 1.45. The third-order valence-electron chi connectivity index (χ3n) is 2.31. The molecule has 0 saturated carbocycles. The Morgan fingerprint density at radius 1 is 1.56 bits per heavy atom. The zero-order valence-electron chi connectivity index (χ0n) is 9.62. The van der Waals surface area contributed by atoms with Crippen molar-refractivity contribution in [3.8, 4) is 5.75 Å². The molecule has 6 nitrogen and oxygen atoms in total. The summed E-state index contributed by atoms with van der Waals surface area (Å²) in [4.78, 5) is 14.6. The molecule has 1 aromatic heterocycles. The van der Waals surface area contributed by atoms with Crippen molar-refractivity contribution in [1.82, 2.24) is 4.98 Å². The van der Waals surface area contributed by atoms with E-state index in [1.807, 2.05) is 5.38 Å².